The van der Waals surface area contributed by atoms with Crippen molar-refractivity contribution < 1.29 is 54.1 Å². The van der Waals surface area contributed by atoms with Crippen LogP contribution in [-0.4, -0.2) is 98.2 Å². The van der Waals surface area contributed by atoms with Gasteiger partial charge in [-0.3, -0.25) is 9.59 Å². The molecule has 11 nitrogen and oxygen atoms in total. The van der Waals surface area contributed by atoms with E-state index in [0.717, 1.165) is 14.0 Å². The summed E-state index contributed by atoms with van der Waals surface area (Å²) in [7, 11) is 1.00. The van der Waals surface area contributed by atoms with E-state index in [1.807, 2.05) is 0 Å². The van der Waals surface area contributed by atoms with Gasteiger partial charge in [0, 0.05) is 38.2 Å². The van der Waals surface area contributed by atoms with E-state index in [1.54, 1.807) is 39.0 Å². The first kappa shape index (κ1) is 32.2. The van der Waals surface area contributed by atoms with Gasteiger partial charge in [0.25, 0.3) is 0 Å². The fourth-order valence-electron chi connectivity index (χ4n) is 7.74. The number of esters is 2. The summed E-state index contributed by atoms with van der Waals surface area (Å²) in [6.45, 7) is 8.70. The van der Waals surface area contributed by atoms with Crippen LogP contribution in [0, 0.1) is 16.7 Å². The average Bonchev–Trinajstić information content (AvgIpc) is 2.92. The smallest absolute Gasteiger partial charge is 0.338 e. The Labute approximate surface area is 245 Å². The minimum absolute atomic E-state index is 0.0983. The van der Waals surface area contributed by atoms with Gasteiger partial charge in [-0.05, 0) is 44.1 Å². The lowest BCUT2D eigenvalue weighted by Gasteiger charge is -2.67. The fourth-order valence-corrected chi connectivity index (χ4v) is 7.74. The van der Waals surface area contributed by atoms with Gasteiger partial charge in [-0.2, -0.15) is 0 Å². The van der Waals surface area contributed by atoms with Gasteiger partial charge in [-0.25, -0.2) is 4.79 Å². The minimum atomic E-state index is -2.10. The Balaban J connectivity index is 0.00000198. The lowest BCUT2D eigenvalue weighted by molar-refractivity contribution is -0.344. The van der Waals surface area contributed by atoms with Gasteiger partial charge < -0.3 is 39.7 Å². The molecular formula is C31H42O11. The fraction of sp³-hybridized carbons (Fsp3) is 0.645. The Bertz CT molecular complexity index is 1290. The van der Waals surface area contributed by atoms with Gasteiger partial charge in [0.05, 0.1) is 35.4 Å². The maximum atomic E-state index is 14.6. The third-order valence-corrected chi connectivity index (χ3v) is 10.3. The van der Waals surface area contributed by atoms with E-state index in [9.17, 15) is 34.8 Å². The number of ether oxygens (including phenoxy) is 3. The number of carbonyl (C=O) groups excluding carboxylic acids is 3. The molecule has 1 heterocycles. The van der Waals surface area contributed by atoms with E-state index in [4.69, 9.17) is 19.3 Å². The van der Waals surface area contributed by atoms with E-state index in [2.05, 4.69) is 0 Å². The van der Waals surface area contributed by atoms with E-state index in [1.165, 1.54) is 26.0 Å². The van der Waals surface area contributed by atoms with Crippen LogP contribution in [0.4, 0.5) is 0 Å². The maximum Gasteiger partial charge on any atom is 0.338 e. The molecule has 42 heavy (non-hydrogen) atoms. The summed E-state index contributed by atoms with van der Waals surface area (Å²) >= 11 is 0. The number of aliphatic hydroxyl groups is 5. The van der Waals surface area contributed by atoms with Gasteiger partial charge in [-0.1, -0.05) is 32.0 Å². The highest BCUT2D eigenvalue weighted by Crippen LogP contribution is 2.64. The van der Waals surface area contributed by atoms with Crippen LogP contribution in [0.2, 0.25) is 0 Å². The van der Waals surface area contributed by atoms with Crippen molar-refractivity contribution in [2.45, 2.75) is 95.6 Å². The standard InChI is InChI=1S/C30H38O10.CH4O/c1-15-20-21(39-16(2)31)23(33)28(6)18(32)12-19-29(36,14-38-19)22(28)24(40-25(34)17-10-8-7-9-11-17)30(37,26(20,3)4)13-27(15,5)35;1-2/h7-11,18-19,21-22,24,32,35-37H,12-14H2,1-6H3;2H,1H3/t18-,19+,21+,22?,24-,27+,28+,29-,30+;/m0./s1. The Morgan fingerprint density at radius 1 is 1.00 bits per heavy atom. The molecule has 0 amide bonds. The molecule has 1 aromatic carbocycles. The van der Waals surface area contributed by atoms with Gasteiger partial charge in [0.1, 0.15) is 17.3 Å². The molecular weight excluding hydrogens is 548 g/mol. The Hall–Kier alpha value is -2.67. The van der Waals surface area contributed by atoms with Crippen LogP contribution in [0.25, 0.3) is 0 Å². The van der Waals surface area contributed by atoms with Gasteiger partial charge in [-0.15, -0.1) is 0 Å². The molecule has 5 N–H and O–H groups in total. The number of carbonyl (C=O) groups is 3. The van der Waals surface area contributed by atoms with Crippen molar-refractivity contribution in [3.63, 3.8) is 0 Å². The molecule has 3 aliphatic carbocycles. The number of benzene rings is 1. The van der Waals surface area contributed by atoms with Gasteiger partial charge in [0.2, 0.25) is 0 Å². The summed E-state index contributed by atoms with van der Waals surface area (Å²) in [6, 6.07) is 8.09. The first-order chi connectivity index (χ1) is 19.4. The zero-order chi connectivity index (χ0) is 31.6. The molecule has 0 aromatic heterocycles. The predicted molar refractivity (Wildman–Crippen MR) is 148 cm³/mol. The SMILES string of the molecule is CC(=O)O[C@H]1C(=O)[C@@]2(C)C([C@H](OC(=O)c3ccccc3)[C@]3(O)C[C@@](C)(O)C(C)=C1C3(C)C)[C@]1(O)CO[C@@H]1C[C@@H]2O.CO. The highest BCUT2D eigenvalue weighted by Gasteiger charge is 2.77. The summed E-state index contributed by atoms with van der Waals surface area (Å²) < 4.78 is 17.4. The van der Waals surface area contributed by atoms with Crippen LogP contribution in [0.5, 0.6) is 0 Å². The second-order valence-electron chi connectivity index (χ2n) is 12.9. The first-order valence-corrected chi connectivity index (χ1v) is 14.0. The van der Waals surface area contributed by atoms with Crippen molar-refractivity contribution in [2.75, 3.05) is 13.7 Å². The molecule has 2 bridgehead atoms. The number of hydrogen-bond donors (Lipinski definition) is 5. The number of Topliss-reactive ketones (excluding diaryl/α,β-unsaturated/α-hetero) is 1. The van der Waals surface area contributed by atoms with E-state index >= 15 is 0 Å². The molecule has 1 saturated heterocycles. The second-order valence-corrected chi connectivity index (χ2v) is 12.9. The van der Waals surface area contributed by atoms with Crippen LogP contribution in [-0.2, 0) is 23.8 Å². The van der Waals surface area contributed by atoms with Gasteiger partial charge in [0.15, 0.2) is 11.9 Å². The average molecular weight is 591 g/mol. The molecule has 11 heteroatoms. The van der Waals surface area contributed by atoms with E-state index < -0.39 is 75.7 Å². The summed E-state index contributed by atoms with van der Waals surface area (Å²) in [4.78, 5) is 40.6. The quantitative estimate of drug-likeness (QED) is 0.251. The van der Waals surface area contributed by atoms with Crippen LogP contribution >= 0.6 is 0 Å². The third kappa shape index (κ3) is 4.36. The van der Waals surface area contributed by atoms with Crippen LogP contribution in [0.3, 0.4) is 0 Å². The molecule has 3 fully saturated rings. The summed E-state index contributed by atoms with van der Waals surface area (Å²) in [6.07, 6.45) is -5.91. The molecule has 1 aromatic rings. The number of ketones is 1. The van der Waals surface area contributed by atoms with Crippen molar-refractivity contribution in [3.05, 3.63) is 47.0 Å². The lowest BCUT2D eigenvalue weighted by Crippen LogP contribution is -2.81. The number of hydrogen-bond acceptors (Lipinski definition) is 11. The summed E-state index contributed by atoms with van der Waals surface area (Å²) in [5.41, 5.74) is -8.20. The number of aliphatic hydroxyl groups excluding tert-OH is 2. The van der Waals surface area contributed by atoms with Gasteiger partial charge >= 0.3 is 11.9 Å². The summed E-state index contributed by atoms with van der Waals surface area (Å²) in [5, 5.41) is 55.0. The zero-order valence-corrected chi connectivity index (χ0v) is 25.1. The van der Waals surface area contributed by atoms with E-state index in [-0.39, 0.29) is 30.6 Å². The van der Waals surface area contributed by atoms with Crippen molar-refractivity contribution in [1.82, 2.24) is 0 Å². The largest absolute Gasteiger partial charge is 0.455 e. The highest BCUT2D eigenvalue weighted by atomic mass is 16.6. The molecule has 4 aliphatic rings. The molecule has 0 radical (unpaired) electrons. The van der Waals surface area contributed by atoms with Crippen molar-refractivity contribution in [1.29, 1.82) is 0 Å². The minimum Gasteiger partial charge on any atom is -0.455 e. The van der Waals surface area contributed by atoms with Crippen molar-refractivity contribution >= 4 is 17.7 Å². The third-order valence-electron chi connectivity index (χ3n) is 10.3. The van der Waals surface area contributed by atoms with Crippen LogP contribution in [0.15, 0.2) is 41.5 Å². The van der Waals surface area contributed by atoms with Crippen molar-refractivity contribution in [2.24, 2.45) is 16.7 Å². The Morgan fingerprint density at radius 2 is 1.60 bits per heavy atom. The normalized spacial score (nSPS) is 41.9. The second kappa shape index (κ2) is 10.5. The highest BCUT2D eigenvalue weighted by molar-refractivity contribution is 5.95. The number of fused-ring (bicyclic) bond motifs is 5. The predicted octanol–water partition coefficient (Wildman–Crippen LogP) is 1.08. The van der Waals surface area contributed by atoms with Crippen LogP contribution in [0.1, 0.15) is 64.7 Å². The van der Waals surface area contributed by atoms with Crippen molar-refractivity contribution in [3.8, 4) is 0 Å². The van der Waals surface area contributed by atoms with E-state index in [0.29, 0.717) is 5.57 Å². The molecule has 5 rings (SSSR count). The molecule has 9 atom stereocenters. The zero-order valence-electron chi connectivity index (χ0n) is 25.1. The summed E-state index contributed by atoms with van der Waals surface area (Å²) in [5.74, 6) is -3.69. The monoisotopic (exact) mass is 590 g/mol. The molecule has 2 saturated carbocycles. The van der Waals surface area contributed by atoms with Crippen LogP contribution < -0.4 is 0 Å². The Morgan fingerprint density at radius 3 is 2.12 bits per heavy atom. The number of rotatable bonds is 3. The molecule has 1 unspecified atom stereocenters. The Kier molecular flexibility index (Phi) is 8.06. The topological polar surface area (TPSA) is 180 Å². The molecule has 0 spiro atoms. The lowest BCUT2D eigenvalue weighted by atomic mass is 9.44. The molecule has 232 valence electrons. The maximum absolute atomic E-state index is 14.6. The first-order valence-electron chi connectivity index (χ1n) is 14.0. The molecule has 1 aliphatic heterocycles.